The van der Waals surface area contributed by atoms with E-state index < -0.39 is 0 Å². The summed E-state index contributed by atoms with van der Waals surface area (Å²) in [5.41, 5.74) is 4.29. The topological polar surface area (TPSA) is 66.9 Å². The molecule has 0 fully saturated rings. The number of amides is 1. The molecule has 5 nitrogen and oxygen atoms in total. The third-order valence-electron chi connectivity index (χ3n) is 4.13. The Bertz CT molecular complexity index is 925. The normalized spacial score (nSPS) is 10.4. The van der Waals surface area contributed by atoms with E-state index in [4.69, 9.17) is 0 Å². The SMILES string of the molecule is Cc1cccc(Nc2cc(C(=O)NCc3ccc(F)cc3)ncn2)c1C. The minimum Gasteiger partial charge on any atom is -0.347 e. The molecule has 1 aromatic heterocycles. The number of nitrogens with zero attached hydrogens (tertiary/aromatic N) is 2. The van der Waals surface area contributed by atoms with Gasteiger partial charge < -0.3 is 10.6 Å². The van der Waals surface area contributed by atoms with Gasteiger partial charge in [-0.2, -0.15) is 0 Å². The molecule has 0 spiro atoms. The van der Waals surface area contributed by atoms with E-state index in [1.54, 1.807) is 18.2 Å². The number of rotatable bonds is 5. The third kappa shape index (κ3) is 4.22. The smallest absolute Gasteiger partial charge is 0.270 e. The summed E-state index contributed by atoms with van der Waals surface area (Å²) in [5.74, 6) is -0.0839. The first-order valence-electron chi connectivity index (χ1n) is 8.21. The molecular weight excluding hydrogens is 331 g/mol. The first-order chi connectivity index (χ1) is 12.5. The van der Waals surface area contributed by atoms with Crippen LogP contribution < -0.4 is 10.6 Å². The minimum absolute atomic E-state index is 0.259. The summed E-state index contributed by atoms with van der Waals surface area (Å²) >= 11 is 0. The van der Waals surface area contributed by atoms with Gasteiger partial charge in [-0.1, -0.05) is 24.3 Å². The molecule has 0 saturated carbocycles. The van der Waals surface area contributed by atoms with E-state index in [-0.39, 0.29) is 17.4 Å². The van der Waals surface area contributed by atoms with Crippen molar-refractivity contribution in [2.75, 3.05) is 5.32 Å². The zero-order valence-corrected chi connectivity index (χ0v) is 14.6. The Morgan fingerprint density at radius 2 is 1.85 bits per heavy atom. The highest BCUT2D eigenvalue weighted by Crippen LogP contribution is 2.21. The molecule has 3 aromatic rings. The molecule has 0 saturated heterocycles. The van der Waals surface area contributed by atoms with E-state index in [0.717, 1.165) is 16.8 Å². The average Bonchev–Trinajstić information content (AvgIpc) is 2.65. The number of hydrogen-bond acceptors (Lipinski definition) is 4. The Kier molecular flexibility index (Phi) is 5.22. The predicted molar refractivity (Wildman–Crippen MR) is 98.8 cm³/mol. The fourth-order valence-electron chi connectivity index (χ4n) is 2.45. The molecule has 0 aliphatic carbocycles. The number of nitrogens with one attached hydrogen (secondary N) is 2. The fourth-order valence-corrected chi connectivity index (χ4v) is 2.45. The van der Waals surface area contributed by atoms with E-state index in [1.807, 2.05) is 32.0 Å². The molecule has 6 heteroatoms. The Morgan fingerprint density at radius 3 is 2.62 bits per heavy atom. The number of anilines is 2. The van der Waals surface area contributed by atoms with Crippen molar-refractivity contribution in [3.05, 3.63) is 83.1 Å². The molecule has 1 heterocycles. The monoisotopic (exact) mass is 350 g/mol. The lowest BCUT2D eigenvalue weighted by molar-refractivity contribution is 0.0946. The van der Waals surface area contributed by atoms with Crippen LogP contribution in [0.1, 0.15) is 27.2 Å². The molecule has 0 bridgehead atoms. The average molecular weight is 350 g/mol. The Hall–Kier alpha value is -3.28. The summed E-state index contributed by atoms with van der Waals surface area (Å²) in [7, 11) is 0. The highest BCUT2D eigenvalue weighted by molar-refractivity contribution is 5.92. The van der Waals surface area contributed by atoms with Gasteiger partial charge in [0.05, 0.1) is 0 Å². The molecule has 26 heavy (non-hydrogen) atoms. The molecule has 2 N–H and O–H groups in total. The van der Waals surface area contributed by atoms with Crippen LogP contribution in [-0.4, -0.2) is 15.9 Å². The van der Waals surface area contributed by atoms with Crippen molar-refractivity contribution < 1.29 is 9.18 Å². The summed E-state index contributed by atoms with van der Waals surface area (Å²) in [6, 6.07) is 13.5. The molecule has 3 rings (SSSR count). The van der Waals surface area contributed by atoms with Crippen LogP contribution in [0.2, 0.25) is 0 Å². The van der Waals surface area contributed by atoms with Gasteiger partial charge >= 0.3 is 0 Å². The lowest BCUT2D eigenvalue weighted by Crippen LogP contribution is -2.24. The number of aromatic nitrogens is 2. The van der Waals surface area contributed by atoms with Crippen LogP contribution in [0.15, 0.2) is 54.9 Å². The maximum Gasteiger partial charge on any atom is 0.270 e. The first kappa shape index (κ1) is 17.5. The standard InChI is InChI=1S/C20H19FN4O/c1-13-4-3-5-17(14(13)2)25-19-10-18(23-12-24-19)20(26)22-11-15-6-8-16(21)9-7-15/h3-10,12H,11H2,1-2H3,(H,22,26)(H,23,24,25). The Morgan fingerprint density at radius 1 is 1.08 bits per heavy atom. The van der Waals surface area contributed by atoms with Crippen molar-refractivity contribution in [2.24, 2.45) is 0 Å². The molecule has 0 radical (unpaired) electrons. The third-order valence-corrected chi connectivity index (χ3v) is 4.13. The molecule has 0 unspecified atom stereocenters. The van der Waals surface area contributed by atoms with Gasteiger partial charge in [-0.15, -0.1) is 0 Å². The number of aryl methyl sites for hydroxylation is 1. The van der Waals surface area contributed by atoms with Gasteiger partial charge in [0.15, 0.2) is 0 Å². The van der Waals surface area contributed by atoms with Crippen LogP contribution in [0.5, 0.6) is 0 Å². The Balaban J connectivity index is 1.69. The number of benzene rings is 2. The van der Waals surface area contributed by atoms with E-state index in [9.17, 15) is 9.18 Å². The number of hydrogen-bond donors (Lipinski definition) is 2. The van der Waals surface area contributed by atoms with Gasteiger partial charge in [0.2, 0.25) is 0 Å². The van der Waals surface area contributed by atoms with Crippen LogP contribution >= 0.6 is 0 Å². The van der Waals surface area contributed by atoms with E-state index in [1.165, 1.54) is 24.0 Å². The zero-order valence-electron chi connectivity index (χ0n) is 14.6. The number of carbonyl (C=O) groups excluding carboxylic acids is 1. The van der Waals surface area contributed by atoms with Gasteiger partial charge in [-0.05, 0) is 48.7 Å². The van der Waals surface area contributed by atoms with Gasteiger partial charge in [0, 0.05) is 18.3 Å². The lowest BCUT2D eigenvalue weighted by Gasteiger charge is -2.11. The largest absolute Gasteiger partial charge is 0.347 e. The summed E-state index contributed by atoms with van der Waals surface area (Å²) in [6.45, 7) is 4.35. The van der Waals surface area contributed by atoms with Crippen LogP contribution in [0.4, 0.5) is 15.9 Å². The second kappa shape index (κ2) is 7.74. The highest BCUT2D eigenvalue weighted by atomic mass is 19.1. The summed E-state index contributed by atoms with van der Waals surface area (Å²) in [4.78, 5) is 20.5. The molecule has 2 aromatic carbocycles. The Labute approximate surface area is 151 Å². The van der Waals surface area contributed by atoms with Gasteiger partial charge in [0.1, 0.15) is 23.7 Å². The van der Waals surface area contributed by atoms with Gasteiger partial charge in [-0.3, -0.25) is 4.79 Å². The summed E-state index contributed by atoms with van der Waals surface area (Å²) in [6.07, 6.45) is 1.35. The van der Waals surface area contributed by atoms with Crippen LogP contribution in [-0.2, 0) is 6.54 Å². The molecule has 0 aliphatic rings. The van der Waals surface area contributed by atoms with E-state index >= 15 is 0 Å². The molecule has 132 valence electrons. The van der Waals surface area contributed by atoms with Crippen molar-refractivity contribution in [1.82, 2.24) is 15.3 Å². The maximum atomic E-state index is 12.9. The second-order valence-electron chi connectivity index (χ2n) is 5.97. The van der Waals surface area contributed by atoms with Gasteiger partial charge in [0.25, 0.3) is 5.91 Å². The van der Waals surface area contributed by atoms with E-state index in [2.05, 4.69) is 20.6 Å². The predicted octanol–water partition coefficient (Wildman–Crippen LogP) is 3.91. The fraction of sp³-hybridized carbons (Fsp3) is 0.150. The molecular formula is C20H19FN4O. The lowest BCUT2D eigenvalue weighted by atomic mass is 10.1. The van der Waals surface area contributed by atoms with Crippen molar-refractivity contribution in [3.8, 4) is 0 Å². The zero-order chi connectivity index (χ0) is 18.5. The van der Waals surface area contributed by atoms with Crippen molar-refractivity contribution in [3.63, 3.8) is 0 Å². The molecule has 0 atom stereocenters. The number of carbonyl (C=O) groups is 1. The minimum atomic E-state index is -0.319. The second-order valence-corrected chi connectivity index (χ2v) is 5.97. The number of halogens is 1. The van der Waals surface area contributed by atoms with Crippen LogP contribution in [0.3, 0.4) is 0 Å². The van der Waals surface area contributed by atoms with Gasteiger partial charge in [-0.25, -0.2) is 14.4 Å². The van der Waals surface area contributed by atoms with Crippen molar-refractivity contribution in [1.29, 1.82) is 0 Å². The van der Waals surface area contributed by atoms with Crippen molar-refractivity contribution >= 4 is 17.4 Å². The van der Waals surface area contributed by atoms with E-state index in [0.29, 0.717) is 12.4 Å². The maximum absolute atomic E-state index is 12.9. The van der Waals surface area contributed by atoms with Crippen molar-refractivity contribution in [2.45, 2.75) is 20.4 Å². The van der Waals surface area contributed by atoms with Crippen LogP contribution in [0, 0.1) is 19.7 Å². The summed E-state index contributed by atoms with van der Waals surface area (Å²) in [5, 5.41) is 5.98. The summed E-state index contributed by atoms with van der Waals surface area (Å²) < 4.78 is 12.9. The molecule has 0 aliphatic heterocycles. The molecule has 1 amide bonds. The first-order valence-corrected chi connectivity index (χ1v) is 8.21. The quantitative estimate of drug-likeness (QED) is 0.732. The van der Waals surface area contributed by atoms with Crippen LogP contribution in [0.25, 0.3) is 0 Å². The highest BCUT2D eigenvalue weighted by Gasteiger charge is 2.10.